The summed E-state index contributed by atoms with van der Waals surface area (Å²) in [6, 6.07) is 14.8. The molecule has 2 amide bonds. The molecule has 0 radical (unpaired) electrons. The second kappa shape index (κ2) is 10.2. The zero-order valence-electron chi connectivity index (χ0n) is 15.2. The molecule has 6 heteroatoms. The Bertz CT molecular complexity index is 747. The second-order valence-corrected chi connectivity index (χ2v) is 5.71. The number of benzene rings is 2. The second-order valence-electron chi connectivity index (χ2n) is 5.71. The van der Waals surface area contributed by atoms with Gasteiger partial charge in [-0.05, 0) is 30.2 Å². The topological polar surface area (TPSA) is 79.5 Å². The Kier molecular flexibility index (Phi) is 7.64. The molecule has 6 nitrogen and oxygen atoms in total. The molecule has 0 aromatic heterocycles. The maximum absolute atomic E-state index is 12.3. The van der Waals surface area contributed by atoms with Crippen molar-refractivity contribution in [1.29, 1.82) is 0 Å². The van der Waals surface area contributed by atoms with Crippen LogP contribution in [0.2, 0.25) is 0 Å². The SMILES string of the molecule is CCc1ccccc1NC(=O)CNc1ccccc1C(=O)NCCOC. The monoisotopic (exact) mass is 355 g/mol. The lowest BCUT2D eigenvalue weighted by Gasteiger charge is -2.13. The van der Waals surface area contributed by atoms with E-state index in [1.165, 1.54) is 0 Å². The molecule has 0 aliphatic rings. The van der Waals surface area contributed by atoms with Gasteiger partial charge in [-0.15, -0.1) is 0 Å². The number of carbonyl (C=O) groups is 2. The van der Waals surface area contributed by atoms with Crippen LogP contribution in [0.25, 0.3) is 0 Å². The lowest BCUT2D eigenvalue weighted by atomic mass is 10.1. The van der Waals surface area contributed by atoms with Gasteiger partial charge >= 0.3 is 0 Å². The van der Waals surface area contributed by atoms with Crippen LogP contribution < -0.4 is 16.0 Å². The molecule has 0 fully saturated rings. The number of aryl methyl sites for hydroxylation is 1. The van der Waals surface area contributed by atoms with E-state index in [2.05, 4.69) is 16.0 Å². The van der Waals surface area contributed by atoms with Crippen molar-refractivity contribution in [3.05, 3.63) is 59.7 Å². The van der Waals surface area contributed by atoms with Gasteiger partial charge in [0.25, 0.3) is 5.91 Å². The van der Waals surface area contributed by atoms with Gasteiger partial charge in [0.15, 0.2) is 0 Å². The number of anilines is 2. The minimum Gasteiger partial charge on any atom is -0.383 e. The van der Waals surface area contributed by atoms with Crippen molar-refractivity contribution in [3.8, 4) is 0 Å². The van der Waals surface area contributed by atoms with E-state index in [1.807, 2.05) is 37.3 Å². The third-order valence-electron chi connectivity index (χ3n) is 3.88. The summed E-state index contributed by atoms with van der Waals surface area (Å²) in [7, 11) is 1.58. The van der Waals surface area contributed by atoms with Gasteiger partial charge in [-0.1, -0.05) is 37.3 Å². The van der Waals surface area contributed by atoms with Crippen molar-refractivity contribution in [2.45, 2.75) is 13.3 Å². The number of ether oxygens (including phenoxy) is 1. The first-order chi connectivity index (χ1) is 12.7. The quantitative estimate of drug-likeness (QED) is 0.604. The standard InChI is InChI=1S/C20H25N3O3/c1-3-15-8-4-6-10-17(15)23-19(24)14-22-18-11-7-5-9-16(18)20(25)21-12-13-26-2/h4-11,22H,3,12-14H2,1-2H3,(H,21,25)(H,23,24). The number of nitrogens with one attached hydrogen (secondary N) is 3. The summed E-state index contributed by atoms with van der Waals surface area (Å²) in [5, 5.41) is 8.72. The molecule has 26 heavy (non-hydrogen) atoms. The Balaban J connectivity index is 1.96. The molecule has 0 aliphatic heterocycles. The van der Waals surface area contributed by atoms with Crippen molar-refractivity contribution >= 4 is 23.2 Å². The minimum absolute atomic E-state index is 0.0699. The summed E-state index contributed by atoms with van der Waals surface area (Å²) >= 11 is 0. The van der Waals surface area contributed by atoms with Crippen molar-refractivity contribution in [1.82, 2.24) is 5.32 Å². The summed E-state index contributed by atoms with van der Waals surface area (Å²) in [6.45, 7) is 2.99. The molecule has 0 aliphatic carbocycles. The van der Waals surface area contributed by atoms with E-state index < -0.39 is 0 Å². The number of hydrogen-bond donors (Lipinski definition) is 3. The van der Waals surface area contributed by atoms with Gasteiger partial charge in [0.05, 0.1) is 18.7 Å². The smallest absolute Gasteiger partial charge is 0.253 e. The first-order valence-corrected chi connectivity index (χ1v) is 8.63. The van der Waals surface area contributed by atoms with Crippen LogP contribution in [-0.2, 0) is 16.0 Å². The molecule has 0 saturated carbocycles. The Morgan fingerprint density at radius 3 is 2.42 bits per heavy atom. The molecular weight excluding hydrogens is 330 g/mol. The van der Waals surface area contributed by atoms with Gasteiger partial charge < -0.3 is 20.7 Å². The Labute approximate surface area is 153 Å². The van der Waals surface area contributed by atoms with Crippen LogP contribution in [0.1, 0.15) is 22.8 Å². The number of rotatable bonds is 9. The van der Waals surface area contributed by atoms with Crippen LogP contribution in [0.5, 0.6) is 0 Å². The minimum atomic E-state index is -0.207. The van der Waals surface area contributed by atoms with Crippen LogP contribution >= 0.6 is 0 Å². The Hall–Kier alpha value is -2.86. The fourth-order valence-electron chi connectivity index (χ4n) is 2.52. The average Bonchev–Trinajstić information content (AvgIpc) is 2.67. The third-order valence-corrected chi connectivity index (χ3v) is 3.88. The van der Waals surface area contributed by atoms with E-state index in [1.54, 1.807) is 25.3 Å². The van der Waals surface area contributed by atoms with E-state index in [4.69, 9.17) is 4.74 Å². The maximum Gasteiger partial charge on any atom is 0.253 e. The van der Waals surface area contributed by atoms with Gasteiger partial charge in [-0.3, -0.25) is 9.59 Å². The van der Waals surface area contributed by atoms with Crippen molar-refractivity contribution < 1.29 is 14.3 Å². The molecule has 0 heterocycles. The zero-order valence-corrected chi connectivity index (χ0v) is 15.2. The fourth-order valence-corrected chi connectivity index (χ4v) is 2.52. The number of para-hydroxylation sites is 2. The highest BCUT2D eigenvalue weighted by Gasteiger charge is 2.12. The highest BCUT2D eigenvalue weighted by atomic mass is 16.5. The van der Waals surface area contributed by atoms with Crippen LogP contribution in [0.3, 0.4) is 0 Å². The van der Waals surface area contributed by atoms with Crippen molar-refractivity contribution in [2.24, 2.45) is 0 Å². The zero-order chi connectivity index (χ0) is 18.8. The molecule has 2 aromatic carbocycles. The van der Waals surface area contributed by atoms with E-state index in [0.717, 1.165) is 17.7 Å². The van der Waals surface area contributed by atoms with Gasteiger partial charge in [0.2, 0.25) is 5.91 Å². The van der Waals surface area contributed by atoms with Crippen molar-refractivity contribution in [2.75, 3.05) is 37.4 Å². The fraction of sp³-hybridized carbons (Fsp3) is 0.300. The van der Waals surface area contributed by atoms with Crippen LogP contribution in [0.15, 0.2) is 48.5 Å². The van der Waals surface area contributed by atoms with E-state index in [-0.39, 0.29) is 18.4 Å². The summed E-state index contributed by atoms with van der Waals surface area (Å²) in [4.78, 5) is 24.5. The lowest BCUT2D eigenvalue weighted by molar-refractivity contribution is -0.114. The summed E-state index contributed by atoms with van der Waals surface area (Å²) in [6.07, 6.45) is 0.842. The summed E-state index contributed by atoms with van der Waals surface area (Å²) in [5.41, 5.74) is 3.00. The number of amides is 2. The molecular formula is C20H25N3O3. The normalized spacial score (nSPS) is 10.2. The van der Waals surface area contributed by atoms with E-state index in [0.29, 0.717) is 24.4 Å². The van der Waals surface area contributed by atoms with E-state index in [9.17, 15) is 9.59 Å². The van der Waals surface area contributed by atoms with Crippen LogP contribution in [-0.4, -0.2) is 38.6 Å². The number of methoxy groups -OCH3 is 1. The van der Waals surface area contributed by atoms with Gasteiger partial charge in [0, 0.05) is 25.0 Å². The van der Waals surface area contributed by atoms with E-state index >= 15 is 0 Å². The predicted molar refractivity (Wildman–Crippen MR) is 104 cm³/mol. The largest absolute Gasteiger partial charge is 0.383 e. The lowest BCUT2D eigenvalue weighted by Crippen LogP contribution is -2.28. The summed E-state index contributed by atoms with van der Waals surface area (Å²) in [5.74, 6) is -0.373. The van der Waals surface area contributed by atoms with Gasteiger partial charge in [0.1, 0.15) is 0 Å². The molecule has 0 saturated heterocycles. The van der Waals surface area contributed by atoms with Crippen LogP contribution in [0, 0.1) is 0 Å². The molecule has 0 bridgehead atoms. The van der Waals surface area contributed by atoms with Gasteiger partial charge in [-0.25, -0.2) is 0 Å². The van der Waals surface area contributed by atoms with Crippen LogP contribution in [0.4, 0.5) is 11.4 Å². The Morgan fingerprint density at radius 1 is 1.00 bits per heavy atom. The Morgan fingerprint density at radius 2 is 1.69 bits per heavy atom. The van der Waals surface area contributed by atoms with Crippen molar-refractivity contribution in [3.63, 3.8) is 0 Å². The third kappa shape index (κ3) is 5.60. The van der Waals surface area contributed by atoms with Gasteiger partial charge in [-0.2, -0.15) is 0 Å². The highest BCUT2D eigenvalue weighted by Crippen LogP contribution is 2.17. The maximum atomic E-state index is 12.3. The molecule has 2 rings (SSSR count). The predicted octanol–water partition coefficient (Wildman–Crippen LogP) is 2.68. The molecule has 0 unspecified atom stereocenters. The average molecular weight is 355 g/mol. The first-order valence-electron chi connectivity index (χ1n) is 8.63. The molecule has 2 aromatic rings. The molecule has 0 spiro atoms. The molecule has 3 N–H and O–H groups in total. The summed E-state index contributed by atoms with van der Waals surface area (Å²) < 4.78 is 4.93. The highest BCUT2D eigenvalue weighted by molar-refractivity contribution is 6.01. The molecule has 138 valence electrons. The first kappa shape index (κ1) is 19.5. The number of carbonyl (C=O) groups excluding carboxylic acids is 2. The molecule has 0 atom stereocenters. The number of hydrogen-bond acceptors (Lipinski definition) is 4.